The van der Waals surface area contributed by atoms with Crippen molar-refractivity contribution >= 4 is 18.1 Å². The van der Waals surface area contributed by atoms with E-state index in [0.717, 1.165) is 83.8 Å². The maximum absolute atomic E-state index is 13.3. The molecule has 2 atom stereocenters. The third-order valence-corrected chi connectivity index (χ3v) is 10.7. The number of nitrogens with zero attached hydrogens (tertiary/aromatic N) is 1. The second-order valence-electron chi connectivity index (χ2n) is 16.3. The third kappa shape index (κ3) is 38.5. The zero-order valence-corrected chi connectivity index (χ0v) is 39.7. The lowest BCUT2D eigenvalue weighted by atomic mass is 10.1. The highest BCUT2D eigenvalue weighted by Crippen LogP contribution is 2.17. The first-order valence-corrected chi connectivity index (χ1v) is 24.7. The summed E-state index contributed by atoms with van der Waals surface area (Å²) in [4.78, 5) is 40.9. The molecule has 0 aliphatic carbocycles. The fraction of sp³-hybridized carbons (Fsp3) is 0.860. The molecule has 0 saturated heterocycles. The first-order chi connectivity index (χ1) is 29.3. The summed E-state index contributed by atoms with van der Waals surface area (Å²) in [6.07, 6.45) is 33.7. The lowest BCUT2D eigenvalue weighted by molar-refractivity contribution is -0.201. The highest BCUT2D eigenvalue weighted by molar-refractivity contribution is 5.71. The van der Waals surface area contributed by atoms with Crippen molar-refractivity contribution in [1.29, 1.82) is 0 Å². The van der Waals surface area contributed by atoms with Crippen LogP contribution in [0.2, 0.25) is 0 Å². The Hall–Kier alpha value is -2.43. The van der Waals surface area contributed by atoms with Crippen molar-refractivity contribution in [2.24, 2.45) is 5.92 Å². The zero-order valence-electron chi connectivity index (χ0n) is 39.7. The maximum atomic E-state index is 13.3. The summed E-state index contributed by atoms with van der Waals surface area (Å²) in [6.45, 7) is 16.6. The standard InChI is InChI=1S/C50H93NO9/c1-7-12-15-18-21-22-23-24-25-26-27-28-29-30-33-37-46(52)59-49(45(6)44-58-50(54)57-43-36-40-51(10-4)11-5)60-47(53)38-39-48(55-41-34-31-19-16-13-8-2)56-42-35-32-20-17-14-9-3/h21-22,24-25,45,48-49H,7-20,23,26-44H2,1-6H3. The van der Waals surface area contributed by atoms with Gasteiger partial charge in [0, 0.05) is 32.6 Å². The first-order valence-electron chi connectivity index (χ1n) is 24.7. The Morgan fingerprint density at radius 2 is 1.00 bits per heavy atom. The minimum atomic E-state index is -1.20. The van der Waals surface area contributed by atoms with Gasteiger partial charge in [-0.3, -0.25) is 9.59 Å². The topological polar surface area (TPSA) is 110 Å². The number of allylic oxidation sites excluding steroid dienone is 4. The second kappa shape index (κ2) is 44.6. The molecule has 0 fully saturated rings. The fourth-order valence-electron chi connectivity index (χ4n) is 6.66. The van der Waals surface area contributed by atoms with Gasteiger partial charge in [-0.25, -0.2) is 4.79 Å². The van der Waals surface area contributed by atoms with Gasteiger partial charge in [0.25, 0.3) is 6.29 Å². The van der Waals surface area contributed by atoms with Crippen LogP contribution in [-0.2, 0) is 38.0 Å². The molecule has 0 amide bonds. The zero-order chi connectivity index (χ0) is 44.2. The van der Waals surface area contributed by atoms with Crippen LogP contribution in [0.25, 0.3) is 0 Å². The number of rotatable bonds is 44. The van der Waals surface area contributed by atoms with E-state index in [-0.39, 0.29) is 26.1 Å². The molecule has 10 nitrogen and oxygen atoms in total. The van der Waals surface area contributed by atoms with Crippen molar-refractivity contribution in [1.82, 2.24) is 4.90 Å². The number of carbonyl (C=O) groups excluding carboxylic acids is 3. The summed E-state index contributed by atoms with van der Waals surface area (Å²) in [5, 5.41) is 0. The van der Waals surface area contributed by atoms with E-state index in [1.807, 2.05) is 0 Å². The van der Waals surface area contributed by atoms with E-state index in [9.17, 15) is 14.4 Å². The Labute approximate surface area is 368 Å². The fourth-order valence-corrected chi connectivity index (χ4v) is 6.66. The van der Waals surface area contributed by atoms with Crippen LogP contribution < -0.4 is 0 Å². The van der Waals surface area contributed by atoms with Crippen LogP contribution in [-0.4, -0.2) is 81.6 Å². The molecule has 0 aromatic carbocycles. The Kier molecular flexibility index (Phi) is 42.8. The average Bonchev–Trinajstić information content (AvgIpc) is 3.24. The smallest absolute Gasteiger partial charge is 0.434 e. The van der Waals surface area contributed by atoms with Crippen molar-refractivity contribution in [2.75, 3.05) is 46.1 Å². The number of hydrogen-bond acceptors (Lipinski definition) is 10. The lowest BCUT2D eigenvalue weighted by Crippen LogP contribution is -2.34. The Balaban J connectivity index is 5.08. The van der Waals surface area contributed by atoms with Crippen molar-refractivity contribution < 1.29 is 42.8 Å². The predicted octanol–water partition coefficient (Wildman–Crippen LogP) is 13.6. The summed E-state index contributed by atoms with van der Waals surface area (Å²) in [6, 6.07) is 0. The molecular formula is C50H93NO9. The number of ether oxygens (including phenoxy) is 6. The molecule has 0 aromatic rings. The van der Waals surface area contributed by atoms with Gasteiger partial charge in [-0.05, 0) is 70.9 Å². The summed E-state index contributed by atoms with van der Waals surface area (Å²) in [5.41, 5.74) is 0. The van der Waals surface area contributed by atoms with Crippen LogP contribution in [0.3, 0.4) is 0 Å². The molecule has 0 bridgehead atoms. The molecule has 10 heteroatoms. The van der Waals surface area contributed by atoms with Gasteiger partial charge in [0.1, 0.15) is 6.61 Å². The second-order valence-corrected chi connectivity index (χ2v) is 16.3. The Morgan fingerprint density at radius 1 is 0.517 bits per heavy atom. The van der Waals surface area contributed by atoms with Crippen LogP contribution in [0.4, 0.5) is 4.79 Å². The SMILES string of the molecule is CCCCCC=CCC=CCCCCCCCC(=O)OC(OC(=O)CCC(OCCCCCCCC)OCCCCCCCC)C(C)COC(=O)OCCCN(CC)CC. The van der Waals surface area contributed by atoms with E-state index in [2.05, 4.69) is 63.8 Å². The van der Waals surface area contributed by atoms with Crippen LogP contribution in [0.1, 0.15) is 215 Å². The van der Waals surface area contributed by atoms with Crippen molar-refractivity contribution in [3.8, 4) is 0 Å². The molecule has 0 N–H and O–H groups in total. The largest absolute Gasteiger partial charge is 0.508 e. The molecule has 0 aliphatic rings. The van der Waals surface area contributed by atoms with Gasteiger partial charge >= 0.3 is 18.1 Å². The van der Waals surface area contributed by atoms with Crippen molar-refractivity contribution in [2.45, 2.75) is 227 Å². The average molecular weight is 852 g/mol. The highest BCUT2D eigenvalue weighted by atomic mass is 16.7. The van der Waals surface area contributed by atoms with Gasteiger partial charge in [0.2, 0.25) is 0 Å². The third-order valence-electron chi connectivity index (χ3n) is 10.7. The van der Waals surface area contributed by atoms with E-state index >= 15 is 0 Å². The monoisotopic (exact) mass is 852 g/mol. The van der Waals surface area contributed by atoms with Crippen LogP contribution >= 0.6 is 0 Å². The molecular weight excluding hydrogens is 759 g/mol. The number of hydrogen-bond donors (Lipinski definition) is 0. The van der Waals surface area contributed by atoms with E-state index in [1.165, 1.54) is 77.0 Å². The van der Waals surface area contributed by atoms with E-state index < -0.39 is 36.6 Å². The summed E-state index contributed by atoms with van der Waals surface area (Å²) in [7, 11) is 0. The number of esters is 2. The van der Waals surface area contributed by atoms with Gasteiger partial charge in [-0.2, -0.15) is 0 Å². The van der Waals surface area contributed by atoms with Crippen LogP contribution in [0.15, 0.2) is 24.3 Å². The summed E-state index contributed by atoms with van der Waals surface area (Å²) in [5.74, 6) is -1.56. The molecule has 0 heterocycles. The minimum Gasteiger partial charge on any atom is -0.434 e. The van der Waals surface area contributed by atoms with Crippen molar-refractivity contribution in [3.63, 3.8) is 0 Å². The maximum Gasteiger partial charge on any atom is 0.508 e. The molecule has 60 heavy (non-hydrogen) atoms. The van der Waals surface area contributed by atoms with Gasteiger partial charge in [-0.1, -0.05) is 162 Å². The normalized spacial score (nSPS) is 12.8. The summed E-state index contributed by atoms with van der Waals surface area (Å²) >= 11 is 0. The molecule has 0 rings (SSSR count). The molecule has 0 aromatic heterocycles. The van der Waals surface area contributed by atoms with E-state index in [4.69, 9.17) is 28.4 Å². The summed E-state index contributed by atoms with van der Waals surface area (Å²) < 4.78 is 34.4. The predicted molar refractivity (Wildman–Crippen MR) is 246 cm³/mol. The van der Waals surface area contributed by atoms with Crippen molar-refractivity contribution in [3.05, 3.63) is 24.3 Å². The lowest BCUT2D eigenvalue weighted by Gasteiger charge is -2.24. The molecule has 0 saturated carbocycles. The minimum absolute atomic E-state index is 0.0405. The first kappa shape index (κ1) is 57.6. The van der Waals surface area contributed by atoms with E-state index in [0.29, 0.717) is 32.5 Å². The van der Waals surface area contributed by atoms with Crippen LogP contribution in [0.5, 0.6) is 0 Å². The van der Waals surface area contributed by atoms with Crippen LogP contribution in [0, 0.1) is 5.92 Å². The molecule has 352 valence electrons. The van der Waals surface area contributed by atoms with Gasteiger partial charge in [-0.15, -0.1) is 0 Å². The Morgan fingerprint density at radius 3 is 1.57 bits per heavy atom. The number of carbonyl (C=O) groups is 3. The van der Waals surface area contributed by atoms with Gasteiger partial charge in [0.15, 0.2) is 6.29 Å². The number of unbranched alkanes of at least 4 members (excludes halogenated alkanes) is 18. The quantitative estimate of drug-likeness (QED) is 0.0254. The molecule has 2 unspecified atom stereocenters. The highest BCUT2D eigenvalue weighted by Gasteiger charge is 2.28. The molecule has 0 aliphatic heterocycles. The van der Waals surface area contributed by atoms with Gasteiger partial charge < -0.3 is 33.3 Å². The van der Waals surface area contributed by atoms with Gasteiger partial charge in [0.05, 0.1) is 18.9 Å². The molecule has 0 radical (unpaired) electrons. The Bertz CT molecular complexity index is 1010. The molecule has 0 spiro atoms. The van der Waals surface area contributed by atoms with E-state index in [1.54, 1.807) is 6.92 Å².